The van der Waals surface area contributed by atoms with Crippen LogP contribution in [0, 0.1) is 5.92 Å². The minimum atomic E-state index is -2.15. The lowest BCUT2D eigenvalue weighted by Gasteiger charge is -2.26. The summed E-state index contributed by atoms with van der Waals surface area (Å²) in [5.41, 5.74) is 0. The molecule has 2 atom stereocenters. The zero-order valence-electron chi connectivity index (χ0n) is 9.70. The van der Waals surface area contributed by atoms with E-state index in [1.807, 2.05) is 27.7 Å². The molecule has 0 amide bonds. The highest BCUT2D eigenvalue weighted by atomic mass is 17.0. The molecule has 0 aliphatic carbocycles. The van der Waals surface area contributed by atoms with Crippen molar-refractivity contribution in [3.8, 4) is 0 Å². The Balaban J connectivity index is 4.03. The first-order valence-electron chi connectivity index (χ1n) is 5.00. The first kappa shape index (κ1) is 13.8. The Morgan fingerprint density at radius 1 is 1.29 bits per heavy atom. The lowest BCUT2D eigenvalue weighted by Crippen LogP contribution is -2.40. The SMILES string of the molecule is CCC(C)OC([O])(OC)OCC(C)C. The topological polar surface area (TPSA) is 47.6 Å². The van der Waals surface area contributed by atoms with Crippen LogP contribution in [-0.4, -0.2) is 26.0 Å². The summed E-state index contributed by atoms with van der Waals surface area (Å²) in [5, 5.41) is 11.7. The van der Waals surface area contributed by atoms with Crippen molar-refractivity contribution in [3.63, 3.8) is 0 Å². The van der Waals surface area contributed by atoms with Crippen LogP contribution >= 0.6 is 0 Å². The molecule has 0 spiro atoms. The molecule has 0 aliphatic heterocycles. The van der Waals surface area contributed by atoms with E-state index >= 15 is 0 Å². The van der Waals surface area contributed by atoms with Crippen molar-refractivity contribution in [2.45, 2.75) is 46.4 Å². The van der Waals surface area contributed by atoms with Crippen LogP contribution in [0.25, 0.3) is 0 Å². The van der Waals surface area contributed by atoms with Gasteiger partial charge >= 0.3 is 6.16 Å². The zero-order chi connectivity index (χ0) is 11.2. The average molecular weight is 205 g/mol. The predicted octanol–water partition coefficient (Wildman–Crippen LogP) is 2.16. The molecule has 85 valence electrons. The van der Waals surface area contributed by atoms with Gasteiger partial charge < -0.3 is 9.47 Å². The molecule has 0 saturated heterocycles. The van der Waals surface area contributed by atoms with Crippen LogP contribution in [0.15, 0.2) is 0 Å². The summed E-state index contributed by atoms with van der Waals surface area (Å²) >= 11 is 0. The van der Waals surface area contributed by atoms with Crippen LogP contribution in [0.2, 0.25) is 0 Å². The standard InChI is InChI=1S/C10H21O4/c1-6-9(4)14-10(11,12-5)13-7-8(2)3/h8-9H,6-7H2,1-5H3. The van der Waals surface area contributed by atoms with Gasteiger partial charge in [-0.15, -0.1) is 5.11 Å². The van der Waals surface area contributed by atoms with Crippen LogP contribution in [0.5, 0.6) is 0 Å². The van der Waals surface area contributed by atoms with Crippen LogP contribution in [-0.2, 0) is 19.3 Å². The summed E-state index contributed by atoms with van der Waals surface area (Å²) in [5.74, 6) is 0.277. The summed E-state index contributed by atoms with van der Waals surface area (Å²) in [7, 11) is 1.29. The molecule has 0 aromatic rings. The van der Waals surface area contributed by atoms with Crippen molar-refractivity contribution >= 4 is 0 Å². The molecule has 4 heteroatoms. The fraction of sp³-hybridized carbons (Fsp3) is 1.00. The molecule has 0 saturated carbocycles. The molecule has 0 heterocycles. The van der Waals surface area contributed by atoms with Crippen molar-refractivity contribution in [2.24, 2.45) is 5.92 Å². The fourth-order valence-electron chi connectivity index (χ4n) is 0.740. The molecule has 0 rings (SSSR count). The van der Waals surface area contributed by atoms with E-state index in [0.717, 1.165) is 6.42 Å². The van der Waals surface area contributed by atoms with E-state index in [0.29, 0.717) is 6.61 Å². The van der Waals surface area contributed by atoms with Gasteiger partial charge in [-0.2, -0.15) is 0 Å². The van der Waals surface area contributed by atoms with Crippen molar-refractivity contribution in [1.29, 1.82) is 0 Å². The maximum Gasteiger partial charge on any atom is 0.439 e. The smallest absolute Gasteiger partial charge is 0.305 e. The molecule has 0 aliphatic rings. The lowest BCUT2D eigenvalue weighted by atomic mass is 10.2. The van der Waals surface area contributed by atoms with Crippen LogP contribution in [0.1, 0.15) is 34.1 Å². The van der Waals surface area contributed by atoms with Gasteiger partial charge in [0.2, 0.25) is 0 Å². The third-order valence-electron chi connectivity index (χ3n) is 1.76. The fourth-order valence-corrected chi connectivity index (χ4v) is 0.740. The highest BCUT2D eigenvalue weighted by Crippen LogP contribution is 2.16. The summed E-state index contributed by atoms with van der Waals surface area (Å²) in [6.45, 7) is 7.99. The first-order chi connectivity index (χ1) is 6.43. The third kappa shape index (κ3) is 5.54. The number of ether oxygens (including phenoxy) is 3. The molecule has 1 radical (unpaired) electrons. The molecular formula is C10H21O4. The molecule has 0 fully saturated rings. The maximum atomic E-state index is 11.7. The van der Waals surface area contributed by atoms with Gasteiger partial charge in [-0.3, -0.25) is 4.74 Å². The Kier molecular flexibility index (Phi) is 6.27. The zero-order valence-corrected chi connectivity index (χ0v) is 9.70. The molecule has 0 aromatic carbocycles. The minimum Gasteiger partial charge on any atom is -0.305 e. The van der Waals surface area contributed by atoms with E-state index in [1.54, 1.807) is 0 Å². The number of hydrogen-bond acceptors (Lipinski definition) is 3. The van der Waals surface area contributed by atoms with Gasteiger partial charge in [0.25, 0.3) is 0 Å². The number of methoxy groups -OCH3 is 1. The van der Waals surface area contributed by atoms with Crippen molar-refractivity contribution in [3.05, 3.63) is 0 Å². The van der Waals surface area contributed by atoms with Crippen molar-refractivity contribution in [2.75, 3.05) is 13.7 Å². The Morgan fingerprint density at radius 3 is 2.21 bits per heavy atom. The Hall–Kier alpha value is -0.160. The van der Waals surface area contributed by atoms with Gasteiger partial charge in [0.15, 0.2) is 0 Å². The largest absolute Gasteiger partial charge is 0.439 e. The molecule has 0 bridgehead atoms. The van der Waals surface area contributed by atoms with Crippen LogP contribution in [0.4, 0.5) is 0 Å². The molecule has 4 nitrogen and oxygen atoms in total. The van der Waals surface area contributed by atoms with Gasteiger partial charge in [-0.05, 0) is 19.3 Å². The van der Waals surface area contributed by atoms with E-state index < -0.39 is 6.16 Å². The van der Waals surface area contributed by atoms with Gasteiger partial charge in [-0.25, -0.2) is 0 Å². The quantitative estimate of drug-likeness (QED) is 0.598. The summed E-state index contributed by atoms with van der Waals surface area (Å²) in [4.78, 5) is 0. The first-order valence-corrected chi connectivity index (χ1v) is 5.00. The molecule has 0 aromatic heterocycles. The number of hydrogen-bond donors (Lipinski definition) is 0. The highest BCUT2D eigenvalue weighted by molar-refractivity contribution is 4.48. The normalized spacial score (nSPS) is 18.2. The number of rotatable bonds is 7. The monoisotopic (exact) mass is 205 g/mol. The van der Waals surface area contributed by atoms with E-state index in [2.05, 4.69) is 4.74 Å². The van der Waals surface area contributed by atoms with Gasteiger partial charge in [0.05, 0.1) is 12.7 Å². The molecule has 14 heavy (non-hydrogen) atoms. The molecule has 0 N–H and O–H groups in total. The van der Waals surface area contributed by atoms with Gasteiger partial charge in [0, 0.05) is 7.11 Å². The van der Waals surface area contributed by atoms with E-state index in [1.165, 1.54) is 7.11 Å². The van der Waals surface area contributed by atoms with Crippen LogP contribution < -0.4 is 0 Å². The Bertz CT molecular complexity index is 149. The minimum absolute atomic E-state index is 0.167. The van der Waals surface area contributed by atoms with Gasteiger partial charge in [-0.1, -0.05) is 20.8 Å². The summed E-state index contributed by atoms with van der Waals surface area (Å²) in [6.07, 6.45) is -1.57. The predicted molar refractivity (Wildman–Crippen MR) is 52.1 cm³/mol. The second kappa shape index (κ2) is 6.35. The second-order valence-corrected chi connectivity index (χ2v) is 3.75. The molecular weight excluding hydrogens is 184 g/mol. The summed E-state index contributed by atoms with van der Waals surface area (Å²) < 4.78 is 14.8. The Morgan fingerprint density at radius 2 is 1.86 bits per heavy atom. The van der Waals surface area contributed by atoms with Crippen LogP contribution in [0.3, 0.4) is 0 Å². The highest BCUT2D eigenvalue weighted by Gasteiger charge is 2.34. The van der Waals surface area contributed by atoms with E-state index in [4.69, 9.17) is 9.47 Å². The second-order valence-electron chi connectivity index (χ2n) is 3.75. The molecule has 2 unspecified atom stereocenters. The van der Waals surface area contributed by atoms with E-state index in [-0.39, 0.29) is 12.0 Å². The van der Waals surface area contributed by atoms with Crippen molar-refractivity contribution in [1.82, 2.24) is 0 Å². The van der Waals surface area contributed by atoms with E-state index in [9.17, 15) is 5.11 Å². The maximum absolute atomic E-state index is 11.7. The summed E-state index contributed by atoms with van der Waals surface area (Å²) in [6, 6.07) is 0. The lowest BCUT2D eigenvalue weighted by molar-refractivity contribution is -0.511. The van der Waals surface area contributed by atoms with Crippen molar-refractivity contribution < 1.29 is 19.3 Å². The Labute approximate surface area is 86.2 Å². The van der Waals surface area contributed by atoms with Gasteiger partial charge in [0.1, 0.15) is 0 Å². The average Bonchev–Trinajstić information content (AvgIpc) is 2.14. The third-order valence-corrected chi connectivity index (χ3v) is 1.76.